The Hall–Kier alpha value is -5.86. The zero-order valence-corrected chi connectivity index (χ0v) is 31.6. The number of nitrogens with zero attached hydrogens (tertiary/aromatic N) is 1. The van der Waals surface area contributed by atoms with Crippen molar-refractivity contribution in [2.24, 2.45) is 0 Å². The second kappa shape index (κ2) is 12.1. The van der Waals surface area contributed by atoms with Gasteiger partial charge in [-0.3, -0.25) is 0 Å². The summed E-state index contributed by atoms with van der Waals surface area (Å²) in [5, 5.41) is 12.7. The van der Waals surface area contributed by atoms with Gasteiger partial charge in [-0.05, 0) is 75.3 Å². The van der Waals surface area contributed by atoms with Crippen LogP contribution in [0, 0.1) is 0 Å². The summed E-state index contributed by atoms with van der Waals surface area (Å²) in [6.07, 6.45) is 0. The van der Waals surface area contributed by atoms with Gasteiger partial charge in [-0.25, -0.2) is 0 Å². The van der Waals surface area contributed by atoms with Crippen molar-refractivity contribution >= 4 is 104 Å². The molecule has 9 aromatic rings. The molecule has 1 aromatic heterocycles. The smallest absolute Gasteiger partial charge is 0.181 e. The topological polar surface area (TPSA) is 16.4 Å². The van der Waals surface area contributed by atoms with E-state index in [0.29, 0.717) is 0 Å². The number of benzene rings is 8. The molecular formula is C48H32NOSSi2. The molecule has 0 amide bonds. The van der Waals surface area contributed by atoms with Gasteiger partial charge >= 0.3 is 0 Å². The van der Waals surface area contributed by atoms with E-state index < -0.39 is 16.9 Å². The molecule has 1 spiro atoms. The molecule has 0 saturated heterocycles. The van der Waals surface area contributed by atoms with E-state index >= 15 is 0 Å². The van der Waals surface area contributed by atoms with Crippen molar-refractivity contribution in [3.8, 4) is 0 Å². The first kappa shape index (κ1) is 30.7. The van der Waals surface area contributed by atoms with E-state index in [1.54, 1.807) is 0 Å². The van der Waals surface area contributed by atoms with Crippen LogP contribution >= 0.6 is 11.8 Å². The fourth-order valence-electron chi connectivity index (χ4n) is 8.89. The maximum atomic E-state index is 6.46. The Labute approximate surface area is 315 Å². The second-order valence-corrected chi connectivity index (χ2v) is 21.0. The quantitative estimate of drug-likeness (QED) is 0.173. The molecule has 2 aliphatic heterocycles. The Balaban J connectivity index is 1.23. The van der Waals surface area contributed by atoms with Gasteiger partial charge < -0.3 is 9.32 Å². The SMILES string of the molecule is c1ccc(N(c2ccc3c(c2)[Si]2(c4ccccc4Sc4ccccc42)c2ccccc2[Si]3c2ccccc2)c2ccc3c(c2)oc2ccccc23)cc1. The maximum absolute atomic E-state index is 6.46. The van der Waals surface area contributed by atoms with Crippen LogP contribution in [-0.2, 0) is 0 Å². The fraction of sp³-hybridized carbons (Fsp3) is 0. The Morgan fingerprint density at radius 3 is 1.75 bits per heavy atom. The lowest BCUT2D eigenvalue weighted by atomic mass is 10.1. The van der Waals surface area contributed by atoms with Crippen LogP contribution in [0.15, 0.2) is 208 Å². The van der Waals surface area contributed by atoms with Crippen LogP contribution in [0.25, 0.3) is 21.9 Å². The van der Waals surface area contributed by atoms with E-state index in [9.17, 15) is 0 Å². The van der Waals surface area contributed by atoms with Crippen LogP contribution in [0.1, 0.15) is 0 Å². The van der Waals surface area contributed by atoms with Crippen LogP contribution in [0.4, 0.5) is 17.1 Å². The van der Waals surface area contributed by atoms with E-state index in [2.05, 4.69) is 193 Å². The molecule has 0 fully saturated rings. The summed E-state index contributed by atoms with van der Waals surface area (Å²) < 4.78 is 6.46. The summed E-state index contributed by atoms with van der Waals surface area (Å²) in [7, 11) is -4.15. The molecule has 0 atom stereocenters. The van der Waals surface area contributed by atoms with Crippen LogP contribution in [0.5, 0.6) is 0 Å². The summed E-state index contributed by atoms with van der Waals surface area (Å²) in [6.45, 7) is 0. The molecule has 2 aliphatic rings. The Kier molecular flexibility index (Phi) is 7.02. The van der Waals surface area contributed by atoms with E-state index in [4.69, 9.17) is 4.42 Å². The number of fused-ring (bicyclic) bond motifs is 11. The van der Waals surface area contributed by atoms with Crippen molar-refractivity contribution in [3.63, 3.8) is 0 Å². The fourth-order valence-corrected chi connectivity index (χ4v) is 20.5. The first-order valence-corrected chi connectivity index (χ1v) is 22.4. The molecule has 0 saturated carbocycles. The molecule has 11 rings (SSSR count). The highest BCUT2D eigenvalue weighted by Crippen LogP contribution is 2.39. The summed E-state index contributed by atoms with van der Waals surface area (Å²) in [4.78, 5) is 5.16. The predicted octanol–water partition coefficient (Wildman–Crippen LogP) is 7.73. The van der Waals surface area contributed by atoms with Gasteiger partial charge in [0.25, 0.3) is 0 Å². The number of hydrogen-bond donors (Lipinski definition) is 0. The first-order chi connectivity index (χ1) is 26.3. The first-order valence-electron chi connectivity index (χ1n) is 18.1. The highest BCUT2D eigenvalue weighted by molar-refractivity contribution is 8.00. The third kappa shape index (κ3) is 4.58. The number of hydrogen-bond acceptors (Lipinski definition) is 3. The number of rotatable bonds is 4. The molecule has 0 aliphatic carbocycles. The maximum Gasteiger partial charge on any atom is 0.181 e. The van der Waals surface area contributed by atoms with Gasteiger partial charge in [0.1, 0.15) is 11.2 Å². The molecular weight excluding hydrogens is 695 g/mol. The van der Waals surface area contributed by atoms with Crippen LogP contribution < -0.4 is 41.2 Å². The van der Waals surface area contributed by atoms with Crippen LogP contribution in [0.2, 0.25) is 0 Å². The Morgan fingerprint density at radius 1 is 0.415 bits per heavy atom. The van der Waals surface area contributed by atoms with Crippen molar-refractivity contribution in [1.82, 2.24) is 0 Å². The molecule has 3 heterocycles. The summed E-state index contributed by atoms with van der Waals surface area (Å²) >= 11 is 1.93. The lowest BCUT2D eigenvalue weighted by Gasteiger charge is -2.46. The molecule has 8 aromatic carbocycles. The zero-order chi connectivity index (χ0) is 34.9. The van der Waals surface area contributed by atoms with Crippen LogP contribution in [-0.4, -0.2) is 16.9 Å². The molecule has 1 radical (unpaired) electrons. The van der Waals surface area contributed by atoms with Crippen molar-refractivity contribution in [1.29, 1.82) is 0 Å². The van der Waals surface area contributed by atoms with Gasteiger partial charge in [0.15, 0.2) is 16.9 Å². The average Bonchev–Trinajstić information content (AvgIpc) is 3.60. The van der Waals surface area contributed by atoms with Gasteiger partial charge in [0.2, 0.25) is 0 Å². The van der Waals surface area contributed by atoms with Gasteiger partial charge in [-0.15, -0.1) is 0 Å². The molecule has 249 valence electrons. The number of furan rings is 1. The predicted molar refractivity (Wildman–Crippen MR) is 227 cm³/mol. The minimum absolute atomic E-state index is 0.893. The van der Waals surface area contributed by atoms with Crippen molar-refractivity contribution in [2.75, 3.05) is 4.90 Å². The Morgan fingerprint density at radius 2 is 0.981 bits per heavy atom. The molecule has 2 nitrogen and oxygen atoms in total. The lowest BCUT2D eigenvalue weighted by Crippen LogP contribution is -2.87. The number of para-hydroxylation sites is 2. The standard InChI is InChI=1S/C48H32NOSSi2/c1-3-15-33(16-4-1)49(34-27-29-38-37-19-7-8-20-39(37)50-40(38)31-34)35-28-30-44-48(32-35)53(45-24-12-9-21-41(45)51-42-22-10-13-25-46(42)53)47-26-14-11-23-43(47)52(44)36-17-5-2-6-18-36/h1-32H. The van der Waals surface area contributed by atoms with Crippen molar-refractivity contribution < 1.29 is 4.42 Å². The lowest BCUT2D eigenvalue weighted by molar-refractivity contribution is 0.669. The average molecular weight is 727 g/mol. The van der Waals surface area contributed by atoms with Crippen molar-refractivity contribution in [2.45, 2.75) is 9.79 Å². The molecule has 0 unspecified atom stereocenters. The molecule has 0 bridgehead atoms. The third-order valence-corrected chi connectivity index (χ3v) is 20.9. The minimum atomic E-state index is -2.81. The zero-order valence-electron chi connectivity index (χ0n) is 28.7. The summed E-state index contributed by atoms with van der Waals surface area (Å²) in [5.41, 5.74) is 5.14. The van der Waals surface area contributed by atoms with Crippen LogP contribution in [0.3, 0.4) is 0 Å². The van der Waals surface area contributed by atoms with E-state index in [1.807, 2.05) is 17.8 Å². The number of anilines is 3. The highest BCUT2D eigenvalue weighted by Gasteiger charge is 2.53. The highest BCUT2D eigenvalue weighted by atomic mass is 32.2. The van der Waals surface area contributed by atoms with Gasteiger partial charge in [-0.2, -0.15) is 0 Å². The van der Waals surface area contributed by atoms with Gasteiger partial charge in [0, 0.05) is 43.7 Å². The van der Waals surface area contributed by atoms with E-state index in [1.165, 1.54) is 46.1 Å². The molecule has 53 heavy (non-hydrogen) atoms. The van der Waals surface area contributed by atoms with E-state index in [0.717, 1.165) is 39.0 Å². The third-order valence-electron chi connectivity index (χ3n) is 11.0. The van der Waals surface area contributed by atoms with Gasteiger partial charge in [-0.1, -0.05) is 161 Å². The monoisotopic (exact) mass is 726 g/mol. The van der Waals surface area contributed by atoms with Crippen molar-refractivity contribution in [3.05, 3.63) is 194 Å². The largest absolute Gasteiger partial charge is 0.456 e. The summed E-state index contributed by atoms with van der Waals surface area (Å²) in [6, 6.07) is 72.4. The molecule has 0 N–H and O–H groups in total. The van der Waals surface area contributed by atoms with E-state index in [-0.39, 0.29) is 0 Å². The summed E-state index contributed by atoms with van der Waals surface area (Å²) in [5.74, 6) is 0. The van der Waals surface area contributed by atoms with Gasteiger partial charge in [0.05, 0.1) is 0 Å². The Bertz CT molecular complexity index is 2810. The minimum Gasteiger partial charge on any atom is -0.456 e. The second-order valence-electron chi connectivity index (χ2n) is 13.8. The normalized spacial score (nSPS) is 14.0. The molecule has 5 heteroatoms.